The summed E-state index contributed by atoms with van der Waals surface area (Å²) in [7, 11) is 1.30. The van der Waals surface area contributed by atoms with Crippen LogP contribution in [0.25, 0.3) is 0 Å². The number of anilines is 1. The summed E-state index contributed by atoms with van der Waals surface area (Å²) < 4.78 is 4.61. The molecule has 0 aliphatic rings. The lowest BCUT2D eigenvalue weighted by molar-refractivity contribution is 0.0606. The van der Waals surface area contributed by atoms with Gasteiger partial charge in [-0.2, -0.15) is 0 Å². The Hall–Kier alpha value is -1.30. The van der Waals surface area contributed by atoms with E-state index in [0.717, 1.165) is 16.9 Å². The van der Waals surface area contributed by atoms with Crippen molar-refractivity contribution in [1.29, 1.82) is 0 Å². The van der Waals surface area contributed by atoms with Crippen LogP contribution in [0, 0.1) is 0 Å². The van der Waals surface area contributed by atoms with Crippen LogP contribution in [0.4, 0.5) is 5.13 Å². The standard InChI is InChI=1S/C12H10Cl2N2O2S/c1-18-11(17)9-10(14)16-12(19-9)15-6-7-2-4-8(13)5-3-7/h2-5H,6H2,1H3,(H,15,16). The van der Waals surface area contributed by atoms with Crippen LogP contribution in [0.1, 0.15) is 15.2 Å². The number of esters is 1. The number of carbonyl (C=O) groups excluding carboxylic acids is 1. The topological polar surface area (TPSA) is 51.2 Å². The van der Waals surface area contributed by atoms with Gasteiger partial charge in [0, 0.05) is 11.6 Å². The summed E-state index contributed by atoms with van der Waals surface area (Å²) in [6.45, 7) is 0.571. The van der Waals surface area contributed by atoms with Crippen molar-refractivity contribution in [3.8, 4) is 0 Å². The highest BCUT2D eigenvalue weighted by atomic mass is 35.5. The first-order valence-electron chi connectivity index (χ1n) is 5.33. The van der Waals surface area contributed by atoms with Gasteiger partial charge in [-0.15, -0.1) is 0 Å². The summed E-state index contributed by atoms with van der Waals surface area (Å²) in [5, 5.41) is 4.50. The van der Waals surface area contributed by atoms with E-state index in [2.05, 4.69) is 15.0 Å². The van der Waals surface area contributed by atoms with Gasteiger partial charge in [0.15, 0.2) is 15.2 Å². The molecule has 0 saturated carbocycles. The summed E-state index contributed by atoms with van der Waals surface area (Å²) in [6, 6.07) is 7.44. The number of nitrogens with one attached hydrogen (secondary N) is 1. The lowest BCUT2D eigenvalue weighted by Gasteiger charge is -2.02. The number of methoxy groups -OCH3 is 1. The largest absolute Gasteiger partial charge is 0.465 e. The summed E-state index contributed by atoms with van der Waals surface area (Å²) in [5.41, 5.74) is 1.05. The van der Waals surface area contributed by atoms with Crippen molar-refractivity contribution in [2.45, 2.75) is 6.54 Å². The molecule has 0 saturated heterocycles. The summed E-state index contributed by atoms with van der Waals surface area (Å²) in [4.78, 5) is 15.7. The molecule has 0 spiro atoms. The fourth-order valence-corrected chi connectivity index (χ4v) is 2.60. The molecule has 0 fully saturated rings. The molecule has 4 nitrogen and oxygen atoms in total. The third-order valence-corrected chi connectivity index (χ3v) is 3.94. The van der Waals surface area contributed by atoms with Crippen LogP contribution in [-0.2, 0) is 11.3 Å². The second kappa shape index (κ2) is 6.23. The van der Waals surface area contributed by atoms with E-state index in [1.807, 2.05) is 24.3 Å². The highest BCUT2D eigenvalue weighted by Crippen LogP contribution is 2.27. The average molecular weight is 317 g/mol. The van der Waals surface area contributed by atoms with Crippen LogP contribution in [0.3, 0.4) is 0 Å². The van der Waals surface area contributed by atoms with E-state index in [1.165, 1.54) is 7.11 Å². The number of aromatic nitrogens is 1. The van der Waals surface area contributed by atoms with Crippen molar-refractivity contribution in [3.05, 3.63) is 44.9 Å². The maximum atomic E-state index is 11.4. The van der Waals surface area contributed by atoms with E-state index in [9.17, 15) is 4.79 Å². The molecular formula is C12H10Cl2N2O2S. The Balaban J connectivity index is 2.04. The Labute approximate surface area is 124 Å². The fraction of sp³-hybridized carbons (Fsp3) is 0.167. The second-order valence-electron chi connectivity index (χ2n) is 3.61. The minimum Gasteiger partial charge on any atom is -0.465 e. The first-order chi connectivity index (χ1) is 9.10. The predicted molar refractivity (Wildman–Crippen MR) is 77.2 cm³/mol. The van der Waals surface area contributed by atoms with E-state index in [1.54, 1.807) is 0 Å². The number of carbonyl (C=O) groups is 1. The van der Waals surface area contributed by atoms with Crippen LogP contribution in [0.5, 0.6) is 0 Å². The number of rotatable bonds is 4. The van der Waals surface area contributed by atoms with Crippen LogP contribution in [0.15, 0.2) is 24.3 Å². The molecule has 7 heteroatoms. The van der Waals surface area contributed by atoms with Crippen molar-refractivity contribution >= 4 is 45.6 Å². The first kappa shape index (κ1) is 14.1. The molecular weight excluding hydrogens is 307 g/mol. The molecule has 1 heterocycles. The number of benzene rings is 1. The molecule has 0 amide bonds. The normalized spacial score (nSPS) is 10.3. The first-order valence-corrected chi connectivity index (χ1v) is 6.90. The number of nitrogens with zero attached hydrogens (tertiary/aromatic N) is 1. The van der Waals surface area contributed by atoms with Gasteiger partial charge in [0.05, 0.1) is 7.11 Å². The predicted octanol–water partition coefficient (Wildman–Crippen LogP) is 3.85. The zero-order valence-corrected chi connectivity index (χ0v) is 12.3. The van der Waals surface area contributed by atoms with Gasteiger partial charge in [0.1, 0.15) is 0 Å². The van der Waals surface area contributed by atoms with Gasteiger partial charge in [0.2, 0.25) is 0 Å². The van der Waals surface area contributed by atoms with E-state index in [0.29, 0.717) is 21.6 Å². The lowest BCUT2D eigenvalue weighted by Crippen LogP contribution is -1.98. The van der Waals surface area contributed by atoms with Crippen molar-refractivity contribution in [3.63, 3.8) is 0 Å². The molecule has 0 aliphatic carbocycles. The van der Waals surface area contributed by atoms with Crippen molar-refractivity contribution in [2.75, 3.05) is 12.4 Å². The molecule has 0 radical (unpaired) electrons. The highest BCUT2D eigenvalue weighted by molar-refractivity contribution is 7.18. The molecule has 0 unspecified atom stereocenters. The average Bonchev–Trinajstić information content (AvgIpc) is 2.78. The number of thiazole rings is 1. The maximum Gasteiger partial charge on any atom is 0.351 e. The van der Waals surface area contributed by atoms with Crippen LogP contribution in [-0.4, -0.2) is 18.1 Å². The number of hydrogen-bond acceptors (Lipinski definition) is 5. The zero-order valence-electron chi connectivity index (χ0n) is 9.94. The Kier molecular flexibility index (Phi) is 4.63. The van der Waals surface area contributed by atoms with Crippen molar-refractivity contribution in [1.82, 2.24) is 4.98 Å². The van der Waals surface area contributed by atoms with Crippen LogP contribution < -0.4 is 5.32 Å². The van der Waals surface area contributed by atoms with E-state index in [-0.39, 0.29) is 5.15 Å². The highest BCUT2D eigenvalue weighted by Gasteiger charge is 2.16. The number of halogens is 2. The van der Waals surface area contributed by atoms with Gasteiger partial charge >= 0.3 is 5.97 Å². The molecule has 1 N–H and O–H groups in total. The van der Waals surface area contributed by atoms with Gasteiger partial charge in [0.25, 0.3) is 0 Å². The van der Waals surface area contributed by atoms with Gasteiger partial charge < -0.3 is 10.1 Å². The molecule has 0 bridgehead atoms. The molecule has 1 aromatic heterocycles. The summed E-state index contributed by atoms with van der Waals surface area (Å²) >= 11 is 12.8. The van der Waals surface area contributed by atoms with Crippen molar-refractivity contribution < 1.29 is 9.53 Å². The lowest BCUT2D eigenvalue weighted by atomic mass is 10.2. The van der Waals surface area contributed by atoms with E-state index < -0.39 is 5.97 Å². The molecule has 1 aromatic carbocycles. The molecule has 100 valence electrons. The fourth-order valence-electron chi connectivity index (χ4n) is 1.38. The van der Waals surface area contributed by atoms with Gasteiger partial charge in [-0.1, -0.05) is 46.7 Å². The zero-order chi connectivity index (χ0) is 13.8. The van der Waals surface area contributed by atoms with Crippen LogP contribution in [0.2, 0.25) is 10.2 Å². The molecule has 2 rings (SSSR count). The minimum atomic E-state index is -0.484. The monoisotopic (exact) mass is 316 g/mol. The molecule has 0 aliphatic heterocycles. The quantitative estimate of drug-likeness (QED) is 0.870. The Morgan fingerprint density at radius 1 is 1.37 bits per heavy atom. The third-order valence-electron chi connectivity index (χ3n) is 2.31. The molecule has 2 aromatic rings. The molecule has 19 heavy (non-hydrogen) atoms. The van der Waals surface area contributed by atoms with Gasteiger partial charge in [-0.05, 0) is 17.7 Å². The van der Waals surface area contributed by atoms with Crippen molar-refractivity contribution in [2.24, 2.45) is 0 Å². The number of hydrogen-bond donors (Lipinski definition) is 1. The maximum absolute atomic E-state index is 11.4. The number of ether oxygens (including phenoxy) is 1. The van der Waals surface area contributed by atoms with E-state index >= 15 is 0 Å². The third kappa shape index (κ3) is 3.59. The Morgan fingerprint density at radius 3 is 2.68 bits per heavy atom. The minimum absolute atomic E-state index is 0.149. The smallest absolute Gasteiger partial charge is 0.351 e. The molecule has 0 atom stereocenters. The Morgan fingerprint density at radius 2 is 2.05 bits per heavy atom. The SMILES string of the molecule is COC(=O)c1sc(NCc2ccc(Cl)cc2)nc1Cl. The van der Waals surface area contributed by atoms with Gasteiger partial charge in [-0.3, -0.25) is 0 Å². The second-order valence-corrected chi connectivity index (χ2v) is 5.40. The van der Waals surface area contributed by atoms with Crippen LogP contribution >= 0.6 is 34.5 Å². The summed E-state index contributed by atoms with van der Waals surface area (Å²) in [6.07, 6.45) is 0. The Bertz CT molecular complexity index is 584. The van der Waals surface area contributed by atoms with Gasteiger partial charge in [-0.25, -0.2) is 9.78 Å². The van der Waals surface area contributed by atoms with E-state index in [4.69, 9.17) is 23.2 Å². The summed E-state index contributed by atoms with van der Waals surface area (Å²) in [5.74, 6) is -0.484.